The van der Waals surface area contributed by atoms with Gasteiger partial charge in [-0.2, -0.15) is 0 Å². The molecule has 0 saturated heterocycles. The Labute approximate surface area is 125 Å². The molecule has 1 N–H and O–H groups in total. The van der Waals surface area contributed by atoms with Gasteiger partial charge in [0.15, 0.2) is 0 Å². The number of anilines is 1. The van der Waals surface area contributed by atoms with Crippen LogP contribution in [0.4, 0.5) is 5.69 Å². The van der Waals surface area contributed by atoms with Gasteiger partial charge in [0, 0.05) is 29.8 Å². The Morgan fingerprint density at radius 1 is 1.21 bits per heavy atom. The Morgan fingerprint density at radius 2 is 1.89 bits per heavy atom. The van der Waals surface area contributed by atoms with E-state index in [1.807, 2.05) is 7.05 Å². The molecule has 1 aromatic rings. The van der Waals surface area contributed by atoms with Gasteiger partial charge in [-0.05, 0) is 43.7 Å². The van der Waals surface area contributed by atoms with Crippen molar-refractivity contribution in [2.45, 2.75) is 51.1 Å². The van der Waals surface area contributed by atoms with E-state index in [2.05, 4.69) is 51.4 Å². The van der Waals surface area contributed by atoms with Gasteiger partial charge in [0.25, 0.3) is 0 Å². The minimum absolute atomic E-state index is 0.708. The summed E-state index contributed by atoms with van der Waals surface area (Å²) in [5, 5.41) is 3.27. The molecule has 0 radical (unpaired) electrons. The zero-order valence-corrected chi connectivity index (χ0v) is 13.7. The van der Waals surface area contributed by atoms with Gasteiger partial charge in [-0.25, -0.2) is 0 Å². The summed E-state index contributed by atoms with van der Waals surface area (Å²) in [6, 6.07) is 7.35. The molecule has 0 unspecified atom stereocenters. The monoisotopic (exact) mass is 324 g/mol. The van der Waals surface area contributed by atoms with Crippen molar-refractivity contribution in [3.63, 3.8) is 0 Å². The van der Waals surface area contributed by atoms with E-state index in [4.69, 9.17) is 0 Å². The van der Waals surface area contributed by atoms with Crippen LogP contribution in [0.25, 0.3) is 0 Å². The van der Waals surface area contributed by atoms with Crippen molar-refractivity contribution in [1.82, 2.24) is 5.32 Å². The molecule has 0 heterocycles. The smallest absolute Gasteiger partial charge is 0.0412 e. The lowest BCUT2D eigenvalue weighted by atomic mass is 10.0. The highest BCUT2D eigenvalue weighted by Crippen LogP contribution is 2.29. The normalized spacial score (nSPS) is 17.2. The van der Waals surface area contributed by atoms with E-state index in [0.29, 0.717) is 6.04 Å². The highest BCUT2D eigenvalue weighted by molar-refractivity contribution is 9.10. The van der Waals surface area contributed by atoms with Gasteiger partial charge in [-0.3, -0.25) is 0 Å². The SMILES string of the molecule is CNCc1cc(Br)ccc1N(C)C1CCCCCC1. The molecule has 2 nitrogen and oxygen atoms in total. The van der Waals surface area contributed by atoms with E-state index < -0.39 is 0 Å². The van der Waals surface area contributed by atoms with Gasteiger partial charge in [0.1, 0.15) is 0 Å². The van der Waals surface area contributed by atoms with E-state index in [0.717, 1.165) is 11.0 Å². The van der Waals surface area contributed by atoms with E-state index in [1.165, 1.54) is 49.8 Å². The van der Waals surface area contributed by atoms with E-state index >= 15 is 0 Å². The highest BCUT2D eigenvalue weighted by atomic mass is 79.9. The van der Waals surface area contributed by atoms with Crippen molar-refractivity contribution in [3.05, 3.63) is 28.2 Å². The predicted octanol–water partition coefficient (Wildman–Crippen LogP) is 4.33. The molecule has 0 atom stereocenters. The molecular formula is C16H25BrN2. The highest BCUT2D eigenvalue weighted by Gasteiger charge is 2.19. The Morgan fingerprint density at radius 3 is 2.53 bits per heavy atom. The van der Waals surface area contributed by atoms with Crippen molar-refractivity contribution in [2.24, 2.45) is 0 Å². The van der Waals surface area contributed by atoms with Gasteiger partial charge < -0.3 is 10.2 Å². The number of rotatable bonds is 4. The van der Waals surface area contributed by atoms with E-state index in [1.54, 1.807) is 0 Å². The number of benzene rings is 1. The van der Waals surface area contributed by atoms with Gasteiger partial charge in [-0.1, -0.05) is 41.6 Å². The molecule has 1 aliphatic carbocycles. The molecule has 1 saturated carbocycles. The Kier molecular flexibility index (Phi) is 5.71. The van der Waals surface area contributed by atoms with Crippen LogP contribution in [-0.4, -0.2) is 20.1 Å². The van der Waals surface area contributed by atoms with Gasteiger partial charge in [0.05, 0.1) is 0 Å². The lowest BCUT2D eigenvalue weighted by Crippen LogP contribution is -2.32. The summed E-state index contributed by atoms with van der Waals surface area (Å²) < 4.78 is 1.16. The average molecular weight is 325 g/mol. The van der Waals surface area contributed by atoms with Crippen LogP contribution in [-0.2, 0) is 6.54 Å². The fraction of sp³-hybridized carbons (Fsp3) is 0.625. The molecule has 0 spiro atoms. The van der Waals surface area contributed by atoms with Crippen molar-refractivity contribution >= 4 is 21.6 Å². The van der Waals surface area contributed by atoms with Gasteiger partial charge in [-0.15, -0.1) is 0 Å². The maximum Gasteiger partial charge on any atom is 0.0412 e. The minimum atomic E-state index is 0.708. The summed E-state index contributed by atoms with van der Waals surface area (Å²) >= 11 is 3.58. The number of hydrogen-bond donors (Lipinski definition) is 1. The van der Waals surface area contributed by atoms with Crippen molar-refractivity contribution < 1.29 is 0 Å². The largest absolute Gasteiger partial charge is 0.371 e. The second-order valence-electron chi connectivity index (χ2n) is 5.56. The molecule has 2 rings (SSSR count). The second kappa shape index (κ2) is 7.30. The topological polar surface area (TPSA) is 15.3 Å². The zero-order valence-electron chi connectivity index (χ0n) is 12.1. The Balaban J connectivity index is 2.18. The minimum Gasteiger partial charge on any atom is -0.371 e. The summed E-state index contributed by atoms with van der Waals surface area (Å²) in [6.07, 6.45) is 8.26. The molecule has 1 fully saturated rings. The molecule has 3 heteroatoms. The molecule has 0 aliphatic heterocycles. The number of halogens is 1. The van der Waals surface area contributed by atoms with Crippen LogP contribution in [0, 0.1) is 0 Å². The summed E-state index contributed by atoms with van der Waals surface area (Å²) in [6.45, 7) is 0.922. The van der Waals surface area contributed by atoms with Crippen molar-refractivity contribution in [2.75, 3.05) is 19.0 Å². The van der Waals surface area contributed by atoms with Gasteiger partial charge >= 0.3 is 0 Å². The molecular weight excluding hydrogens is 300 g/mol. The molecule has 1 aromatic carbocycles. The Bertz CT molecular complexity index is 398. The van der Waals surface area contributed by atoms with Crippen LogP contribution in [0.5, 0.6) is 0 Å². The first-order valence-corrected chi connectivity index (χ1v) is 8.17. The lowest BCUT2D eigenvalue weighted by molar-refractivity contribution is 0.551. The van der Waals surface area contributed by atoms with E-state index in [9.17, 15) is 0 Å². The number of nitrogens with zero attached hydrogens (tertiary/aromatic N) is 1. The standard InChI is InChI=1S/C16H25BrN2/c1-18-12-13-11-14(17)9-10-16(13)19(2)15-7-5-3-4-6-8-15/h9-11,15,18H,3-8,12H2,1-2H3. The third kappa shape index (κ3) is 3.96. The van der Waals surface area contributed by atoms with Gasteiger partial charge in [0.2, 0.25) is 0 Å². The quantitative estimate of drug-likeness (QED) is 0.829. The van der Waals surface area contributed by atoms with Crippen LogP contribution in [0.2, 0.25) is 0 Å². The van der Waals surface area contributed by atoms with Crippen molar-refractivity contribution in [3.8, 4) is 0 Å². The number of nitrogens with one attached hydrogen (secondary N) is 1. The molecule has 0 bridgehead atoms. The lowest BCUT2D eigenvalue weighted by Gasteiger charge is -2.31. The van der Waals surface area contributed by atoms with E-state index in [-0.39, 0.29) is 0 Å². The zero-order chi connectivity index (χ0) is 13.7. The first kappa shape index (κ1) is 14.9. The molecule has 1 aliphatic rings. The third-order valence-corrected chi connectivity index (χ3v) is 4.65. The fourth-order valence-electron chi connectivity index (χ4n) is 3.07. The summed E-state index contributed by atoms with van der Waals surface area (Å²) in [5.41, 5.74) is 2.76. The predicted molar refractivity (Wildman–Crippen MR) is 86.8 cm³/mol. The van der Waals surface area contributed by atoms with Crippen LogP contribution in [0.3, 0.4) is 0 Å². The Hall–Kier alpha value is -0.540. The first-order valence-electron chi connectivity index (χ1n) is 7.38. The average Bonchev–Trinajstić information content (AvgIpc) is 2.67. The molecule has 0 aromatic heterocycles. The van der Waals surface area contributed by atoms with Crippen LogP contribution >= 0.6 is 15.9 Å². The summed E-state index contributed by atoms with van der Waals surface area (Å²) in [4.78, 5) is 2.50. The molecule has 0 amide bonds. The fourth-order valence-corrected chi connectivity index (χ4v) is 3.48. The van der Waals surface area contributed by atoms with Crippen LogP contribution in [0.15, 0.2) is 22.7 Å². The first-order chi connectivity index (χ1) is 9.22. The molecule has 19 heavy (non-hydrogen) atoms. The maximum atomic E-state index is 3.58. The summed E-state index contributed by atoms with van der Waals surface area (Å²) in [7, 11) is 4.27. The van der Waals surface area contributed by atoms with Crippen LogP contribution < -0.4 is 10.2 Å². The third-order valence-electron chi connectivity index (χ3n) is 4.16. The van der Waals surface area contributed by atoms with Crippen molar-refractivity contribution in [1.29, 1.82) is 0 Å². The second-order valence-corrected chi connectivity index (χ2v) is 6.48. The molecule has 106 valence electrons. The number of hydrogen-bond acceptors (Lipinski definition) is 2. The maximum absolute atomic E-state index is 3.58. The summed E-state index contributed by atoms with van der Waals surface area (Å²) in [5.74, 6) is 0. The van der Waals surface area contributed by atoms with Crippen LogP contribution in [0.1, 0.15) is 44.1 Å².